The molecule has 0 spiro atoms. The highest BCUT2D eigenvalue weighted by Gasteiger charge is 2.20. The number of nitro benzene ring substituents is 1. The van der Waals surface area contributed by atoms with Crippen LogP contribution < -0.4 is 5.32 Å². The van der Waals surface area contributed by atoms with Crippen molar-refractivity contribution in [1.82, 2.24) is 0 Å². The van der Waals surface area contributed by atoms with Gasteiger partial charge in [-0.3, -0.25) is 10.1 Å². The third kappa shape index (κ3) is 3.26. The highest BCUT2D eigenvalue weighted by molar-refractivity contribution is 14.1. The minimum atomic E-state index is -0.495. The number of benzene rings is 1. The van der Waals surface area contributed by atoms with Gasteiger partial charge in [0.15, 0.2) is 0 Å². The summed E-state index contributed by atoms with van der Waals surface area (Å²) in [6.07, 6.45) is 0.755. The second-order valence-electron chi connectivity index (χ2n) is 4.16. The largest absolute Gasteiger partial charge is 0.372 e. The Balaban J connectivity index is 2.37. The fourth-order valence-corrected chi connectivity index (χ4v) is 3.17. The first-order valence-electron chi connectivity index (χ1n) is 5.96. The van der Waals surface area contributed by atoms with E-state index in [1.165, 1.54) is 12.1 Å². The third-order valence-electron chi connectivity index (χ3n) is 2.86. The van der Waals surface area contributed by atoms with Crippen molar-refractivity contribution in [2.75, 3.05) is 5.32 Å². The van der Waals surface area contributed by atoms with Crippen LogP contribution in [0.2, 0.25) is 0 Å². The number of nitrogens with one attached hydrogen (secondary N) is 1. The molecular weight excluding hydrogens is 394 g/mol. The maximum Gasteiger partial charge on any atom is 0.293 e. The molecule has 106 valence electrons. The molecule has 0 aliphatic heterocycles. The molecule has 0 aliphatic carbocycles. The average Bonchev–Trinajstić information content (AvgIpc) is 2.93. The molecule has 1 atom stereocenters. The van der Waals surface area contributed by atoms with Crippen LogP contribution in [0.4, 0.5) is 15.8 Å². The van der Waals surface area contributed by atoms with Crippen molar-refractivity contribution in [2.45, 2.75) is 19.4 Å². The van der Waals surface area contributed by atoms with Crippen LogP contribution in [0, 0.1) is 19.5 Å². The van der Waals surface area contributed by atoms with Crippen molar-refractivity contribution in [3.63, 3.8) is 0 Å². The Morgan fingerprint density at radius 3 is 2.85 bits per heavy atom. The van der Waals surface area contributed by atoms with Crippen LogP contribution in [0.5, 0.6) is 0 Å². The second kappa shape index (κ2) is 6.49. The van der Waals surface area contributed by atoms with Gasteiger partial charge in [-0.05, 0) is 40.5 Å². The van der Waals surface area contributed by atoms with Crippen LogP contribution in [0.3, 0.4) is 0 Å². The number of nitrogens with zero attached hydrogens (tertiary/aromatic N) is 1. The highest BCUT2D eigenvalue weighted by atomic mass is 127. The van der Waals surface area contributed by atoms with E-state index >= 15 is 0 Å². The lowest BCUT2D eigenvalue weighted by molar-refractivity contribution is -0.384. The van der Waals surface area contributed by atoms with Crippen molar-refractivity contribution in [3.05, 3.63) is 54.0 Å². The first-order chi connectivity index (χ1) is 9.52. The minimum Gasteiger partial charge on any atom is -0.372 e. The van der Waals surface area contributed by atoms with Gasteiger partial charge in [0.05, 0.1) is 14.5 Å². The monoisotopic (exact) mass is 406 g/mol. The summed E-state index contributed by atoms with van der Waals surface area (Å²) in [5.74, 6) is -0.459. The molecule has 1 unspecified atom stereocenters. The molecule has 1 N–H and O–H groups in total. The summed E-state index contributed by atoms with van der Waals surface area (Å²) in [6.45, 7) is 1.98. The molecule has 0 fully saturated rings. The van der Waals surface area contributed by atoms with Crippen LogP contribution in [-0.2, 0) is 0 Å². The number of hydrogen-bond donors (Lipinski definition) is 1. The summed E-state index contributed by atoms with van der Waals surface area (Å²) in [5.41, 5.74) is 0.110. The Labute approximate surface area is 133 Å². The van der Waals surface area contributed by atoms with Crippen LogP contribution in [-0.4, -0.2) is 4.92 Å². The van der Waals surface area contributed by atoms with Gasteiger partial charge >= 0.3 is 0 Å². The van der Waals surface area contributed by atoms with E-state index in [1.54, 1.807) is 33.9 Å². The standard InChI is InChI=1S/C13H12FIN2O2S/c1-2-10(13-4-3-5-20-13)16-11-6-8(14)9(15)7-12(11)17(18)19/h3-7,10,16H,2H2,1H3. The van der Waals surface area contributed by atoms with E-state index in [-0.39, 0.29) is 21.0 Å². The van der Waals surface area contributed by atoms with Crippen molar-refractivity contribution in [3.8, 4) is 0 Å². The zero-order valence-corrected chi connectivity index (χ0v) is 13.6. The molecular formula is C13H12FIN2O2S. The molecule has 0 saturated carbocycles. The second-order valence-corrected chi connectivity index (χ2v) is 6.30. The van der Waals surface area contributed by atoms with Crippen molar-refractivity contribution < 1.29 is 9.31 Å². The fraction of sp³-hybridized carbons (Fsp3) is 0.231. The normalized spacial score (nSPS) is 12.2. The molecule has 4 nitrogen and oxygen atoms in total. The molecule has 0 bridgehead atoms. The summed E-state index contributed by atoms with van der Waals surface area (Å²) < 4.78 is 13.9. The van der Waals surface area contributed by atoms with E-state index in [9.17, 15) is 14.5 Å². The molecule has 0 saturated heterocycles. The summed E-state index contributed by atoms with van der Waals surface area (Å²) >= 11 is 3.32. The lowest BCUT2D eigenvalue weighted by Gasteiger charge is -2.17. The Hall–Kier alpha value is -1.22. The van der Waals surface area contributed by atoms with Crippen molar-refractivity contribution >= 4 is 45.3 Å². The SMILES string of the molecule is CCC(Nc1cc(F)c(I)cc1[N+](=O)[O-])c1cccs1. The zero-order chi connectivity index (χ0) is 14.7. The summed E-state index contributed by atoms with van der Waals surface area (Å²) in [5, 5.41) is 16.1. The molecule has 2 aromatic rings. The predicted molar refractivity (Wildman–Crippen MR) is 86.7 cm³/mol. The van der Waals surface area contributed by atoms with Crippen LogP contribution in [0.15, 0.2) is 29.6 Å². The molecule has 1 aromatic carbocycles. The number of hydrogen-bond acceptors (Lipinski definition) is 4. The topological polar surface area (TPSA) is 55.2 Å². The lowest BCUT2D eigenvalue weighted by atomic mass is 10.1. The van der Waals surface area contributed by atoms with Gasteiger partial charge in [0.25, 0.3) is 5.69 Å². The first-order valence-corrected chi connectivity index (χ1v) is 7.92. The average molecular weight is 406 g/mol. The third-order valence-corrected chi connectivity index (χ3v) is 4.67. The maximum absolute atomic E-state index is 13.7. The van der Waals surface area contributed by atoms with Gasteiger partial charge in [-0.25, -0.2) is 4.39 Å². The molecule has 2 rings (SSSR count). The van der Waals surface area contributed by atoms with E-state index in [0.29, 0.717) is 0 Å². The van der Waals surface area contributed by atoms with Gasteiger partial charge in [0, 0.05) is 17.0 Å². The molecule has 7 heteroatoms. The van der Waals surface area contributed by atoms with Gasteiger partial charge in [-0.15, -0.1) is 11.3 Å². The van der Waals surface area contributed by atoms with Gasteiger partial charge in [0.1, 0.15) is 11.5 Å². The van der Waals surface area contributed by atoms with E-state index in [4.69, 9.17) is 0 Å². The van der Waals surface area contributed by atoms with Gasteiger partial charge in [-0.2, -0.15) is 0 Å². The minimum absolute atomic E-state index is 0.0619. The Bertz CT molecular complexity index is 619. The number of halogens is 2. The number of rotatable bonds is 5. The van der Waals surface area contributed by atoms with E-state index in [1.807, 2.05) is 24.4 Å². The number of thiophene rings is 1. The molecule has 0 radical (unpaired) electrons. The highest BCUT2D eigenvalue weighted by Crippen LogP contribution is 2.33. The fourth-order valence-electron chi connectivity index (χ4n) is 1.85. The summed E-state index contributed by atoms with van der Waals surface area (Å²) in [6, 6.07) is 6.26. The maximum atomic E-state index is 13.7. The Morgan fingerprint density at radius 1 is 1.55 bits per heavy atom. The Morgan fingerprint density at radius 2 is 2.30 bits per heavy atom. The van der Waals surface area contributed by atoms with Crippen LogP contribution in [0.1, 0.15) is 24.3 Å². The number of anilines is 1. The molecule has 1 heterocycles. The van der Waals surface area contributed by atoms with Crippen LogP contribution >= 0.6 is 33.9 Å². The lowest BCUT2D eigenvalue weighted by Crippen LogP contribution is -2.10. The molecule has 1 aromatic heterocycles. The van der Waals surface area contributed by atoms with Crippen molar-refractivity contribution in [1.29, 1.82) is 0 Å². The smallest absolute Gasteiger partial charge is 0.293 e. The predicted octanol–water partition coefficient (Wildman–Crippen LogP) is 4.96. The summed E-state index contributed by atoms with van der Waals surface area (Å²) in [4.78, 5) is 11.7. The van der Waals surface area contributed by atoms with Crippen LogP contribution in [0.25, 0.3) is 0 Å². The van der Waals surface area contributed by atoms with E-state index in [0.717, 1.165) is 11.3 Å². The van der Waals surface area contributed by atoms with Gasteiger partial charge in [-0.1, -0.05) is 13.0 Å². The quantitative estimate of drug-likeness (QED) is 0.434. The van der Waals surface area contributed by atoms with Gasteiger partial charge < -0.3 is 5.32 Å². The summed E-state index contributed by atoms with van der Waals surface area (Å²) in [7, 11) is 0. The Kier molecular flexibility index (Phi) is 4.92. The molecule has 0 aliphatic rings. The van der Waals surface area contributed by atoms with E-state index < -0.39 is 10.7 Å². The van der Waals surface area contributed by atoms with E-state index in [2.05, 4.69) is 5.32 Å². The van der Waals surface area contributed by atoms with Crippen molar-refractivity contribution in [2.24, 2.45) is 0 Å². The number of nitro groups is 1. The first kappa shape index (κ1) is 15.2. The molecule has 20 heavy (non-hydrogen) atoms. The molecule has 0 amide bonds. The van der Waals surface area contributed by atoms with Gasteiger partial charge in [0.2, 0.25) is 0 Å². The zero-order valence-electron chi connectivity index (χ0n) is 10.6.